The molecule has 2 aromatic carbocycles. The first-order chi connectivity index (χ1) is 50.9. The standard InChI is InChI=1S/C44H68N2.2C28H57.Ni/c1-7-13-19-20-21-22-28-42-41(27-18-12-6)43(39-31-35(23-14-8-2)29-36(32-39)24-15-9-3)46(45)44(42)40-33-37(25-16-10-4)30-38(34-40)26-17-11-5;2*1-3-5-7-9-11-13-15-17-19-21-23-25-27-28-26-24-22-20-18-16-14-12-10-8-6-4-2;/h29-34H,7-28H2,1-6H3;2*1,3-28H2,2H3;. The fourth-order valence-electron chi connectivity index (χ4n) is 16.1. The molecular weight excluding hydrogens is 1290 g/mol. The molecule has 0 aliphatic carbocycles. The Morgan fingerprint density at radius 2 is 0.359 bits per heavy atom. The van der Waals surface area contributed by atoms with Crippen molar-refractivity contribution >= 4 is 11.4 Å². The first-order valence-electron chi connectivity index (χ1n) is 47.6. The van der Waals surface area contributed by atoms with Gasteiger partial charge in [0.1, 0.15) is 0 Å². The van der Waals surface area contributed by atoms with Crippen molar-refractivity contribution in [2.75, 3.05) is 0 Å². The topological polar surface area (TPSA) is 25.3 Å². The van der Waals surface area contributed by atoms with Gasteiger partial charge in [0.05, 0.1) is 0 Å². The van der Waals surface area contributed by atoms with E-state index in [1.807, 2.05) is 0 Å². The Morgan fingerprint density at radius 1 is 0.194 bits per heavy atom. The summed E-state index contributed by atoms with van der Waals surface area (Å²) < 4.78 is 1.66. The number of unbranched alkanes of at least 4 members (excludes halogenated alkanes) is 60. The molecule has 1 aliphatic heterocycles. The summed E-state index contributed by atoms with van der Waals surface area (Å²) >= 11 is 2.05. The predicted molar refractivity (Wildman–Crippen MR) is 463 cm³/mol. The second kappa shape index (κ2) is 75.4. The van der Waals surface area contributed by atoms with Crippen LogP contribution >= 0.6 is 0 Å². The number of aryl methyl sites for hydroxylation is 4. The van der Waals surface area contributed by atoms with E-state index in [1.54, 1.807) is 4.70 Å². The van der Waals surface area contributed by atoms with E-state index in [9.17, 15) is 5.53 Å². The number of hydrogen-bond donors (Lipinski definition) is 0. The molecule has 602 valence electrons. The van der Waals surface area contributed by atoms with Crippen LogP contribution in [0.4, 0.5) is 0 Å². The number of allylic oxidation sites excluding steroid dienone is 2. The van der Waals surface area contributed by atoms with Crippen molar-refractivity contribution in [2.45, 2.75) is 541 Å². The summed E-state index contributed by atoms with van der Waals surface area (Å²) in [6.07, 6.45) is 103. The molecule has 103 heavy (non-hydrogen) atoms. The van der Waals surface area contributed by atoms with Crippen LogP contribution in [0.25, 0.3) is 16.9 Å². The molecule has 0 aromatic heterocycles. The number of nitrogens with zero attached hydrogens (tertiary/aromatic N) is 2. The van der Waals surface area contributed by atoms with Crippen molar-refractivity contribution in [2.24, 2.45) is 0 Å². The zero-order valence-electron chi connectivity index (χ0n) is 71.4. The van der Waals surface area contributed by atoms with E-state index in [4.69, 9.17) is 0 Å². The van der Waals surface area contributed by atoms with E-state index in [0.717, 1.165) is 62.8 Å². The molecule has 0 amide bonds. The van der Waals surface area contributed by atoms with Crippen molar-refractivity contribution in [1.29, 1.82) is 0 Å². The quantitative estimate of drug-likeness (QED) is 0.0358. The summed E-state index contributed by atoms with van der Waals surface area (Å²) in [4.78, 5) is 0. The van der Waals surface area contributed by atoms with Crippen LogP contribution in [-0.4, -0.2) is 4.70 Å². The van der Waals surface area contributed by atoms with E-state index in [0.29, 0.717) is 0 Å². The van der Waals surface area contributed by atoms with Crippen LogP contribution in [0.5, 0.6) is 0 Å². The van der Waals surface area contributed by atoms with Gasteiger partial charge in [-0.25, -0.2) is 4.70 Å². The van der Waals surface area contributed by atoms with Gasteiger partial charge >= 0.3 is 166 Å². The Kier molecular flexibility index (Phi) is 71.1. The van der Waals surface area contributed by atoms with E-state index in [-0.39, 0.29) is 0 Å². The molecule has 1 heterocycles. The molecule has 0 spiro atoms. The van der Waals surface area contributed by atoms with Crippen molar-refractivity contribution in [3.8, 4) is 0 Å². The number of rotatable bonds is 78. The van der Waals surface area contributed by atoms with Crippen LogP contribution in [0.2, 0.25) is 10.8 Å². The molecule has 3 heteroatoms. The zero-order chi connectivity index (χ0) is 74.0. The predicted octanol–water partition coefficient (Wildman–Crippen LogP) is 36.4. The van der Waals surface area contributed by atoms with Crippen LogP contribution in [0.3, 0.4) is 0 Å². The van der Waals surface area contributed by atoms with Gasteiger partial charge in [-0.2, -0.15) is 0 Å². The van der Waals surface area contributed by atoms with Gasteiger partial charge in [-0.05, 0) is 124 Å². The van der Waals surface area contributed by atoms with E-state index in [1.165, 1.54) is 479 Å². The minimum Gasteiger partial charge on any atom is -0.0654 e. The summed E-state index contributed by atoms with van der Waals surface area (Å²) in [6, 6.07) is 14.5. The average Bonchev–Trinajstić information content (AvgIpc) is 1.63. The number of hydrogen-bond acceptors (Lipinski definition) is 0. The SMILES string of the molecule is CCCCCCCCC1=C(c2cc(CCCC)cc(CCCC)c2)[N+](=[N-])C(c2cc(CCCC)cc(CCCC)c2)=C1CCCC.CCCCCCCCCCCCCCCCCCCCCCCCCCC[CH2][Ni][CH2]CCCCCCCCCCCCCCCCCCCCCCCCCCC. The van der Waals surface area contributed by atoms with Crippen LogP contribution in [0.1, 0.15) is 538 Å². The number of benzene rings is 2. The molecule has 0 atom stereocenters. The second-order valence-corrected chi connectivity index (χ2v) is 34.7. The third-order valence-electron chi connectivity index (χ3n) is 23.0. The Labute approximate surface area is 654 Å². The van der Waals surface area contributed by atoms with Crippen LogP contribution in [0, 0.1) is 0 Å². The maximum absolute atomic E-state index is 12.5. The third-order valence-corrected chi connectivity index (χ3v) is 24.4. The molecule has 0 fully saturated rings. The summed E-state index contributed by atoms with van der Waals surface area (Å²) in [5, 5.41) is 2.87. The molecular formula is C100H182N2Ni. The van der Waals surface area contributed by atoms with Gasteiger partial charge in [-0.15, -0.1) is 0 Å². The summed E-state index contributed by atoms with van der Waals surface area (Å²) in [6.45, 7) is 18.4. The van der Waals surface area contributed by atoms with Crippen molar-refractivity contribution in [3.63, 3.8) is 0 Å². The summed E-state index contributed by atoms with van der Waals surface area (Å²) in [7, 11) is 0. The Bertz CT molecular complexity index is 2110. The Morgan fingerprint density at radius 3 is 0.563 bits per heavy atom. The molecule has 0 radical (unpaired) electrons. The monoisotopic (exact) mass is 1470 g/mol. The van der Waals surface area contributed by atoms with E-state index >= 15 is 0 Å². The minimum atomic E-state index is 1.03. The minimum absolute atomic E-state index is 1.03. The first-order valence-corrected chi connectivity index (χ1v) is 49.0. The first kappa shape index (κ1) is 97.1. The molecule has 0 bridgehead atoms. The van der Waals surface area contributed by atoms with E-state index < -0.39 is 0 Å². The van der Waals surface area contributed by atoms with Gasteiger partial charge in [-0.1, -0.05) is 324 Å². The van der Waals surface area contributed by atoms with Crippen molar-refractivity contribution in [1.82, 2.24) is 0 Å². The summed E-state index contributed by atoms with van der Waals surface area (Å²) in [5.41, 5.74) is 25.5. The third kappa shape index (κ3) is 55.1. The van der Waals surface area contributed by atoms with E-state index in [2.05, 4.69) is 106 Å². The van der Waals surface area contributed by atoms with Crippen molar-refractivity contribution in [3.05, 3.63) is 86.5 Å². The van der Waals surface area contributed by atoms with Gasteiger partial charge in [-0.3, -0.25) is 0 Å². The van der Waals surface area contributed by atoms with Gasteiger partial charge in [0.25, 0.3) is 0 Å². The molecule has 0 saturated heterocycles. The van der Waals surface area contributed by atoms with Crippen LogP contribution < -0.4 is 0 Å². The Hall–Kier alpha value is -1.99. The average molecular weight is 1470 g/mol. The summed E-state index contributed by atoms with van der Waals surface area (Å²) in [5.74, 6) is 0. The van der Waals surface area contributed by atoms with Gasteiger partial charge in [0.15, 0.2) is 0 Å². The molecule has 0 saturated carbocycles. The normalized spacial score (nSPS) is 12.5. The van der Waals surface area contributed by atoms with Gasteiger partial charge in [0, 0.05) is 22.3 Å². The fourth-order valence-corrected chi connectivity index (χ4v) is 17.4. The zero-order valence-corrected chi connectivity index (χ0v) is 72.4. The molecule has 1 aliphatic rings. The molecule has 0 unspecified atom stereocenters. The second-order valence-electron chi connectivity index (χ2n) is 33.2. The molecule has 2 aromatic rings. The van der Waals surface area contributed by atoms with Crippen molar-refractivity contribution < 1.29 is 19.1 Å². The smallest absolute Gasteiger partial charge is 0.0654 e. The fraction of sp³-hybridized carbons (Fsp3) is 0.840. The van der Waals surface area contributed by atoms with Gasteiger partial charge in [0.2, 0.25) is 11.4 Å². The van der Waals surface area contributed by atoms with Gasteiger partial charge < -0.3 is 5.53 Å². The molecule has 0 N–H and O–H groups in total. The maximum atomic E-state index is 12.5. The van der Waals surface area contributed by atoms with Crippen LogP contribution in [-0.2, 0) is 40.1 Å². The Balaban J connectivity index is 0.000000714. The molecule has 2 nitrogen and oxygen atoms in total. The van der Waals surface area contributed by atoms with Crippen LogP contribution in [0.15, 0.2) is 47.5 Å². The molecule has 3 rings (SSSR count).